The highest BCUT2D eigenvalue weighted by Gasteiger charge is 1.93. The molecule has 0 aliphatic carbocycles. The van der Waals surface area contributed by atoms with Gasteiger partial charge in [-0.25, -0.2) is 0 Å². The maximum Gasteiger partial charge on any atom is 0.303 e. The number of aliphatic carboxylic acids is 1. The quantitative estimate of drug-likeness (QED) is 0.321. The Morgan fingerprint density at radius 1 is 0.864 bits per heavy atom. The molecule has 0 radical (unpaired) electrons. The number of carboxylic acid groups (broad SMARTS) is 1. The first kappa shape index (κ1) is 21.3. The van der Waals surface area contributed by atoms with Crippen molar-refractivity contribution in [3.05, 3.63) is 9.47 Å². The zero-order valence-electron chi connectivity index (χ0n) is 13.0. The zero-order valence-corrected chi connectivity index (χ0v) is 16.1. The third kappa shape index (κ3) is 19.3. The molecule has 0 amide bonds. The van der Waals surface area contributed by atoms with Crippen LogP contribution in [0.5, 0.6) is 0 Å². The normalized spacial score (nSPS) is 9.18. The second kappa shape index (κ2) is 16.7. The van der Waals surface area contributed by atoms with E-state index in [9.17, 15) is 4.79 Å². The summed E-state index contributed by atoms with van der Waals surface area (Å²) in [7, 11) is 0. The van der Waals surface area contributed by atoms with Crippen molar-refractivity contribution in [3.63, 3.8) is 0 Å². The molecule has 0 unspecified atom stereocenters. The predicted octanol–water partition coefficient (Wildman–Crippen LogP) is 6.00. The SMILES string of the molecule is O=C(O)CCCC#CC#CCCCCCCCCC=C(Br)Br. The molecule has 0 rings (SSSR count). The summed E-state index contributed by atoms with van der Waals surface area (Å²) in [4.78, 5) is 10.3. The van der Waals surface area contributed by atoms with Gasteiger partial charge in [0.1, 0.15) is 0 Å². The number of unbranched alkanes of at least 4 members (excludes halogenated alkanes) is 8. The van der Waals surface area contributed by atoms with Crippen molar-refractivity contribution in [2.75, 3.05) is 0 Å². The summed E-state index contributed by atoms with van der Waals surface area (Å²) >= 11 is 6.71. The molecule has 0 fully saturated rings. The Morgan fingerprint density at radius 2 is 1.41 bits per heavy atom. The number of hydrogen-bond acceptors (Lipinski definition) is 1. The highest BCUT2D eigenvalue weighted by Crippen LogP contribution is 2.15. The summed E-state index contributed by atoms with van der Waals surface area (Å²) in [5.74, 6) is 10.8. The van der Waals surface area contributed by atoms with E-state index in [1.54, 1.807) is 0 Å². The van der Waals surface area contributed by atoms with E-state index in [-0.39, 0.29) is 6.42 Å². The lowest BCUT2D eigenvalue weighted by molar-refractivity contribution is -0.137. The van der Waals surface area contributed by atoms with Gasteiger partial charge in [-0.05, 0) is 69.4 Å². The Kier molecular flexibility index (Phi) is 16.1. The molecule has 2 nitrogen and oxygen atoms in total. The molecule has 0 aromatic rings. The van der Waals surface area contributed by atoms with Crippen LogP contribution in [0.1, 0.15) is 70.6 Å². The fraction of sp³-hybridized carbons (Fsp3) is 0.611. The number of carbonyl (C=O) groups is 1. The molecular weight excluding hydrogens is 408 g/mol. The summed E-state index contributed by atoms with van der Waals surface area (Å²) in [6.07, 6.45) is 13.1. The van der Waals surface area contributed by atoms with Gasteiger partial charge >= 0.3 is 5.97 Å². The zero-order chi connectivity index (χ0) is 16.5. The topological polar surface area (TPSA) is 37.3 Å². The number of halogens is 2. The van der Waals surface area contributed by atoms with Crippen molar-refractivity contribution in [2.24, 2.45) is 0 Å². The fourth-order valence-electron chi connectivity index (χ4n) is 1.82. The van der Waals surface area contributed by atoms with Gasteiger partial charge in [0.2, 0.25) is 0 Å². The molecule has 1 N–H and O–H groups in total. The van der Waals surface area contributed by atoms with E-state index < -0.39 is 5.97 Å². The summed E-state index contributed by atoms with van der Waals surface area (Å²) < 4.78 is 1.04. The van der Waals surface area contributed by atoms with Crippen molar-refractivity contribution in [3.8, 4) is 23.7 Å². The predicted molar refractivity (Wildman–Crippen MR) is 99.9 cm³/mol. The van der Waals surface area contributed by atoms with Gasteiger partial charge in [-0.3, -0.25) is 4.79 Å². The number of rotatable bonds is 11. The van der Waals surface area contributed by atoms with Crippen molar-refractivity contribution in [2.45, 2.75) is 70.6 Å². The molecule has 0 atom stereocenters. The van der Waals surface area contributed by atoms with Crippen LogP contribution in [-0.4, -0.2) is 11.1 Å². The Labute approximate surface area is 151 Å². The lowest BCUT2D eigenvalue weighted by atomic mass is 10.1. The van der Waals surface area contributed by atoms with E-state index >= 15 is 0 Å². The summed E-state index contributed by atoms with van der Waals surface area (Å²) in [5, 5.41) is 8.46. The third-order valence-corrected chi connectivity index (χ3v) is 3.63. The maximum absolute atomic E-state index is 10.3. The minimum Gasteiger partial charge on any atom is -0.481 e. The molecular formula is C18H24Br2O2. The highest BCUT2D eigenvalue weighted by molar-refractivity contribution is 9.28. The van der Waals surface area contributed by atoms with Gasteiger partial charge in [-0.15, -0.1) is 0 Å². The Hall–Kier alpha value is -0.710. The summed E-state index contributed by atoms with van der Waals surface area (Å²) in [6.45, 7) is 0. The molecule has 0 aromatic heterocycles. The number of hydrogen-bond donors (Lipinski definition) is 1. The van der Waals surface area contributed by atoms with Crippen LogP contribution in [0, 0.1) is 23.7 Å². The van der Waals surface area contributed by atoms with E-state index in [0.717, 1.165) is 22.7 Å². The van der Waals surface area contributed by atoms with E-state index in [1.807, 2.05) is 0 Å². The molecule has 0 bridgehead atoms. The minimum atomic E-state index is -0.764. The van der Waals surface area contributed by atoms with Crippen molar-refractivity contribution in [1.29, 1.82) is 0 Å². The first-order valence-electron chi connectivity index (χ1n) is 7.81. The van der Waals surface area contributed by atoms with Gasteiger partial charge in [0, 0.05) is 19.3 Å². The average Bonchev–Trinajstić information content (AvgIpc) is 2.46. The fourth-order valence-corrected chi connectivity index (χ4v) is 2.28. The van der Waals surface area contributed by atoms with Gasteiger partial charge in [-0.1, -0.05) is 43.6 Å². The van der Waals surface area contributed by atoms with Crippen LogP contribution in [-0.2, 0) is 4.79 Å². The maximum atomic E-state index is 10.3. The van der Waals surface area contributed by atoms with E-state index in [0.29, 0.717) is 12.8 Å². The van der Waals surface area contributed by atoms with Gasteiger partial charge in [0.15, 0.2) is 0 Å². The van der Waals surface area contributed by atoms with E-state index in [1.165, 1.54) is 32.1 Å². The van der Waals surface area contributed by atoms with Gasteiger partial charge in [-0.2, -0.15) is 0 Å². The van der Waals surface area contributed by atoms with Gasteiger partial charge < -0.3 is 5.11 Å². The monoisotopic (exact) mass is 430 g/mol. The average molecular weight is 432 g/mol. The van der Waals surface area contributed by atoms with Gasteiger partial charge in [0.25, 0.3) is 0 Å². The molecule has 0 saturated heterocycles. The Bertz CT molecular complexity index is 443. The standard InChI is InChI=1S/C18H24Br2O2/c19-17(20)15-13-11-9-7-5-3-1-2-4-6-8-10-12-14-16-18(21)22/h15H,1-3,5,7,9,11-14,16H2,(H,21,22). The molecule has 0 heterocycles. The summed E-state index contributed by atoms with van der Waals surface area (Å²) in [5.41, 5.74) is 0. The lowest BCUT2D eigenvalue weighted by Gasteiger charge is -1.98. The molecule has 0 aliphatic heterocycles. The van der Waals surface area contributed by atoms with E-state index in [4.69, 9.17) is 5.11 Å². The van der Waals surface area contributed by atoms with Crippen molar-refractivity contribution in [1.82, 2.24) is 0 Å². The molecule has 22 heavy (non-hydrogen) atoms. The van der Waals surface area contributed by atoms with Gasteiger partial charge in [0.05, 0.1) is 3.39 Å². The van der Waals surface area contributed by atoms with E-state index in [2.05, 4.69) is 61.6 Å². The van der Waals surface area contributed by atoms with Crippen LogP contribution >= 0.6 is 31.9 Å². The Balaban J connectivity index is 3.33. The molecule has 4 heteroatoms. The first-order valence-corrected chi connectivity index (χ1v) is 9.40. The van der Waals surface area contributed by atoms with Crippen LogP contribution in [0.25, 0.3) is 0 Å². The summed E-state index contributed by atoms with van der Waals surface area (Å²) in [6, 6.07) is 0. The first-order chi connectivity index (χ1) is 10.6. The molecule has 0 aromatic carbocycles. The largest absolute Gasteiger partial charge is 0.481 e. The van der Waals surface area contributed by atoms with Crippen LogP contribution in [0.2, 0.25) is 0 Å². The highest BCUT2D eigenvalue weighted by atomic mass is 79.9. The second-order valence-corrected chi connectivity index (χ2v) is 7.78. The van der Waals surface area contributed by atoms with Crippen molar-refractivity contribution < 1.29 is 9.90 Å². The third-order valence-electron chi connectivity index (χ3n) is 2.99. The van der Waals surface area contributed by atoms with Crippen LogP contribution in [0.4, 0.5) is 0 Å². The van der Waals surface area contributed by atoms with Crippen LogP contribution in [0.15, 0.2) is 9.47 Å². The minimum absolute atomic E-state index is 0.186. The molecule has 0 aliphatic rings. The molecule has 0 spiro atoms. The smallest absolute Gasteiger partial charge is 0.303 e. The molecule has 122 valence electrons. The number of allylic oxidation sites excluding steroid dienone is 1. The second-order valence-electron chi connectivity index (χ2n) is 5.00. The Morgan fingerprint density at radius 3 is 2.00 bits per heavy atom. The van der Waals surface area contributed by atoms with Crippen LogP contribution < -0.4 is 0 Å². The van der Waals surface area contributed by atoms with Crippen molar-refractivity contribution >= 4 is 37.8 Å². The van der Waals surface area contributed by atoms with Crippen LogP contribution in [0.3, 0.4) is 0 Å². The number of carboxylic acids is 1. The lowest BCUT2D eigenvalue weighted by Crippen LogP contribution is -1.92. The molecule has 0 saturated carbocycles.